The molecule has 246 valence electrons. The van der Waals surface area contributed by atoms with Crippen LogP contribution in [0.5, 0.6) is 0 Å². The topological polar surface area (TPSA) is 35.6 Å². The van der Waals surface area contributed by atoms with Gasteiger partial charge in [0.25, 0.3) is 0 Å². The number of para-hydroxylation sites is 4. The molecule has 0 bridgehead atoms. The summed E-state index contributed by atoms with van der Waals surface area (Å²) < 4.78 is 7.30. The second-order valence-corrected chi connectivity index (χ2v) is 14.8. The number of hydrogen-bond donors (Lipinski definition) is 0. The van der Waals surface area contributed by atoms with Crippen LogP contribution in [0.1, 0.15) is 0 Å². The monoisotopic (exact) mass is 692 g/mol. The number of rotatable bonds is 3. The van der Waals surface area contributed by atoms with Crippen molar-refractivity contribution in [2.75, 3.05) is 0 Å². The van der Waals surface area contributed by atoms with Crippen LogP contribution in [0, 0.1) is 0 Å². The first-order valence-corrected chi connectivity index (χ1v) is 18.7. The van der Waals surface area contributed by atoms with Crippen molar-refractivity contribution < 1.29 is 0 Å². The van der Waals surface area contributed by atoms with Crippen LogP contribution in [0.15, 0.2) is 170 Å². The maximum Gasteiger partial charge on any atom is 0.235 e. The van der Waals surface area contributed by atoms with E-state index in [9.17, 15) is 0 Å². The van der Waals surface area contributed by atoms with Gasteiger partial charge in [-0.05, 0) is 47.9 Å². The predicted molar refractivity (Wildman–Crippen MR) is 224 cm³/mol. The van der Waals surface area contributed by atoms with Gasteiger partial charge < -0.3 is 4.57 Å². The molecule has 53 heavy (non-hydrogen) atoms. The van der Waals surface area contributed by atoms with Gasteiger partial charge in [0.05, 0.1) is 39.0 Å². The summed E-state index contributed by atoms with van der Waals surface area (Å²) in [6.45, 7) is 0. The van der Waals surface area contributed by atoms with E-state index < -0.39 is 0 Å². The van der Waals surface area contributed by atoms with Crippen molar-refractivity contribution in [2.24, 2.45) is 0 Å². The smallest absolute Gasteiger partial charge is 0.235 e. The van der Waals surface area contributed by atoms with Crippen LogP contribution in [0.2, 0.25) is 0 Å². The Bertz CT molecular complexity index is 3420. The van der Waals surface area contributed by atoms with E-state index in [1.54, 1.807) is 0 Å². The molecule has 0 aliphatic heterocycles. The predicted octanol–water partition coefficient (Wildman–Crippen LogP) is 13.0. The van der Waals surface area contributed by atoms with Crippen molar-refractivity contribution in [1.82, 2.24) is 19.1 Å². The van der Waals surface area contributed by atoms with Crippen LogP contribution in [-0.4, -0.2) is 19.1 Å². The van der Waals surface area contributed by atoms with Crippen molar-refractivity contribution in [3.63, 3.8) is 0 Å². The third-order valence-electron chi connectivity index (χ3n) is 10.9. The Labute approximate surface area is 307 Å². The van der Waals surface area contributed by atoms with Crippen molar-refractivity contribution >= 4 is 96.8 Å². The maximum atomic E-state index is 5.50. The highest BCUT2D eigenvalue weighted by Crippen LogP contribution is 2.44. The van der Waals surface area contributed by atoms with E-state index in [-0.39, 0.29) is 0 Å². The fourth-order valence-electron chi connectivity index (χ4n) is 8.63. The second-order valence-electron chi connectivity index (χ2n) is 13.8. The fourth-order valence-corrected chi connectivity index (χ4v) is 9.78. The molecule has 4 heterocycles. The van der Waals surface area contributed by atoms with Gasteiger partial charge in [-0.15, -0.1) is 11.3 Å². The zero-order valence-corrected chi connectivity index (χ0v) is 29.2. The molecule has 0 aliphatic carbocycles. The second kappa shape index (κ2) is 10.8. The fraction of sp³-hybridized carbons (Fsp3) is 0. The largest absolute Gasteiger partial charge is 0.308 e. The standard InChI is InChI=1S/C48H28N4S/c1-2-14-31-29(13-1)27-42-45(47(31)51-39-21-9-4-15-32(39)33-16-5-10-22-40(33)51)37-19-6-11-23-41(37)52(42)48-49-38-20-8-3-18-36(38)46(50-48)30-25-26-35-34-17-7-12-24-43(34)53-44(35)28-30/h1-28H. The summed E-state index contributed by atoms with van der Waals surface area (Å²) in [4.78, 5) is 10.8. The molecule has 4 aromatic heterocycles. The van der Waals surface area contributed by atoms with Gasteiger partial charge >= 0.3 is 0 Å². The van der Waals surface area contributed by atoms with E-state index in [2.05, 4.69) is 179 Å². The van der Waals surface area contributed by atoms with Crippen molar-refractivity contribution in [3.05, 3.63) is 170 Å². The molecule has 0 saturated heterocycles. The van der Waals surface area contributed by atoms with E-state index in [0.717, 1.165) is 44.0 Å². The lowest BCUT2D eigenvalue weighted by Crippen LogP contribution is -2.04. The lowest BCUT2D eigenvalue weighted by atomic mass is 10.0. The summed E-state index contributed by atoms with van der Waals surface area (Å²) in [5.41, 5.74) is 8.61. The zero-order chi connectivity index (χ0) is 34.6. The molecular weight excluding hydrogens is 665 g/mol. The molecule has 0 N–H and O–H groups in total. The highest BCUT2D eigenvalue weighted by atomic mass is 32.1. The van der Waals surface area contributed by atoms with Gasteiger partial charge in [-0.1, -0.05) is 127 Å². The van der Waals surface area contributed by atoms with Crippen LogP contribution >= 0.6 is 11.3 Å². The van der Waals surface area contributed by atoms with Crippen molar-refractivity contribution in [1.29, 1.82) is 0 Å². The number of hydrogen-bond acceptors (Lipinski definition) is 3. The zero-order valence-electron chi connectivity index (χ0n) is 28.4. The number of benzene rings is 8. The van der Waals surface area contributed by atoms with Gasteiger partial charge in [0.1, 0.15) is 0 Å². The molecule has 12 aromatic rings. The lowest BCUT2D eigenvalue weighted by Gasteiger charge is -2.15. The first-order valence-electron chi connectivity index (χ1n) is 17.9. The summed E-state index contributed by atoms with van der Waals surface area (Å²) in [5, 5.41) is 10.8. The van der Waals surface area contributed by atoms with Crippen LogP contribution in [0.4, 0.5) is 0 Å². The lowest BCUT2D eigenvalue weighted by molar-refractivity contribution is 1.01. The SMILES string of the molecule is c1ccc2c(-n3c4ccccc4c4ccccc43)c3c4ccccc4n(-c4nc(-c5ccc6c(c5)sc5ccccc56)c5ccccc5n4)c3cc2c1. The summed E-state index contributed by atoms with van der Waals surface area (Å²) in [6, 6.07) is 61.2. The average Bonchev–Trinajstić information content (AvgIpc) is 3.87. The van der Waals surface area contributed by atoms with Crippen LogP contribution in [-0.2, 0) is 0 Å². The molecular formula is C48H28N4S. The minimum Gasteiger partial charge on any atom is -0.308 e. The first kappa shape index (κ1) is 28.8. The Morgan fingerprint density at radius 1 is 0.396 bits per heavy atom. The van der Waals surface area contributed by atoms with Gasteiger partial charge in [0, 0.05) is 58.1 Å². The summed E-state index contributed by atoms with van der Waals surface area (Å²) in [5.74, 6) is 0.657. The van der Waals surface area contributed by atoms with E-state index in [0.29, 0.717) is 5.95 Å². The van der Waals surface area contributed by atoms with Crippen molar-refractivity contribution in [3.8, 4) is 22.9 Å². The third kappa shape index (κ3) is 4.05. The first-order chi connectivity index (χ1) is 26.3. The third-order valence-corrected chi connectivity index (χ3v) is 12.0. The highest BCUT2D eigenvalue weighted by Gasteiger charge is 2.24. The van der Waals surface area contributed by atoms with Crippen LogP contribution in [0.3, 0.4) is 0 Å². The maximum absolute atomic E-state index is 5.50. The Morgan fingerprint density at radius 3 is 1.75 bits per heavy atom. The minimum atomic E-state index is 0.657. The molecule has 5 heteroatoms. The molecule has 0 atom stereocenters. The quantitative estimate of drug-likeness (QED) is 0.185. The Morgan fingerprint density at radius 2 is 0.981 bits per heavy atom. The Hall–Kier alpha value is -6.82. The molecule has 0 aliphatic rings. The van der Waals surface area contributed by atoms with Crippen LogP contribution < -0.4 is 0 Å². The highest BCUT2D eigenvalue weighted by molar-refractivity contribution is 7.25. The minimum absolute atomic E-state index is 0.657. The molecule has 0 fully saturated rings. The van der Waals surface area contributed by atoms with E-state index in [1.807, 2.05) is 11.3 Å². The molecule has 0 amide bonds. The van der Waals surface area contributed by atoms with E-state index in [1.165, 1.54) is 58.4 Å². The number of thiophene rings is 1. The molecule has 0 radical (unpaired) electrons. The molecule has 8 aromatic carbocycles. The van der Waals surface area contributed by atoms with Gasteiger partial charge in [0.15, 0.2) is 0 Å². The number of fused-ring (bicyclic) bond motifs is 11. The molecule has 0 unspecified atom stereocenters. The van der Waals surface area contributed by atoms with Gasteiger partial charge in [-0.3, -0.25) is 4.57 Å². The Balaban J connectivity index is 1.21. The van der Waals surface area contributed by atoms with Gasteiger partial charge in [-0.25, -0.2) is 9.97 Å². The molecule has 0 saturated carbocycles. The molecule has 4 nitrogen and oxygen atoms in total. The van der Waals surface area contributed by atoms with E-state index in [4.69, 9.17) is 9.97 Å². The summed E-state index contributed by atoms with van der Waals surface area (Å²) >= 11 is 1.83. The van der Waals surface area contributed by atoms with E-state index >= 15 is 0 Å². The normalized spacial score (nSPS) is 12.2. The van der Waals surface area contributed by atoms with Gasteiger partial charge in [0.2, 0.25) is 5.95 Å². The molecule has 12 rings (SSSR count). The average molecular weight is 693 g/mol. The summed E-state index contributed by atoms with van der Waals surface area (Å²) in [6.07, 6.45) is 0. The molecule has 0 spiro atoms. The van der Waals surface area contributed by atoms with Gasteiger partial charge in [-0.2, -0.15) is 0 Å². The van der Waals surface area contributed by atoms with Crippen molar-refractivity contribution in [2.45, 2.75) is 0 Å². The van der Waals surface area contributed by atoms with Crippen LogP contribution in [0.25, 0.3) is 108 Å². The number of nitrogens with zero attached hydrogens (tertiary/aromatic N) is 4. The Kier molecular flexibility index (Phi) is 5.90. The summed E-state index contributed by atoms with van der Waals surface area (Å²) in [7, 11) is 0. The number of aromatic nitrogens is 4.